The van der Waals surface area contributed by atoms with E-state index >= 15 is 0 Å². The van der Waals surface area contributed by atoms with Crippen molar-refractivity contribution in [3.63, 3.8) is 0 Å². The van der Waals surface area contributed by atoms with Crippen molar-refractivity contribution in [2.24, 2.45) is 0 Å². The minimum atomic E-state index is -0.447. The monoisotopic (exact) mass is 434 g/mol. The molecule has 0 aliphatic rings. The number of ether oxygens (including phenoxy) is 1. The van der Waals surface area contributed by atoms with E-state index in [-0.39, 0.29) is 23.3 Å². The number of amides is 2. The van der Waals surface area contributed by atoms with Crippen LogP contribution in [0.5, 0.6) is 5.75 Å². The molecular formula is C24H19ClN2O4. The number of para-hydroxylation sites is 2. The SMILES string of the molecule is CC(=O)Nc1ccc(NC(=O)c2oc3ccccc3c2COc2ccccc2)c(Cl)c1. The molecule has 1 aromatic heterocycles. The van der Waals surface area contributed by atoms with Crippen molar-refractivity contribution < 1.29 is 18.7 Å². The van der Waals surface area contributed by atoms with Crippen LogP contribution in [0.2, 0.25) is 5.02 Å². The Morgan fingerprint density at radius 1 is 0.968 bits per heavy atom. The average Bonchev–Trinajstić information content (AvgIpc) is 3.13. The minimum Gasteiger partial charge on any atom is -0.489 e. The summed E-state index contributed by atoms with van der Waals surface area (Å²) in [4.78, 5) is 24.3. The summed E-state index contributed by atoms with van der Waals surface area (Å²) in [5.41, 5.74) is 2.17. The quantitative estimate of drug-likeness (QED) is 0.397. The molecule has 2 amide bonds. The highest BCUT2D eigenvalue weighted by Crippen LogP contribution is 2.30. The molecule has 31 heavy (non-hydrogen) atoms. The Balaban J connectivity index is 1.61. The van der Waals surface area contributed by atoms with E-state index in [0.717, 1.165) is 5.39 Å². The van der Waals surface area contributed by atoms with Crippen LogP contribution in [0.15, 0.2) is 77.2 Å². The van der Waals surface area contributed by atoms with Gasteiger partial charge in [0.2, 0.25) is 5.91 Å². The number of anilines is 2. The molecule has 0 fully saturated rings. The number of carbonyl (C=O) groups excluding carboxylic acids is 2. The average molecular weight is 435 g/mol. The molecule has 0 spiro atoms. The summed E-state index contributed by atoms with van der Waals surface area (Å²) in [6.45, 7) is 1.57. The van der Waals surface area contributed by atoms with Crippen molar-refractivity contribution in [2.45, 2.75) is 13.5 Å². The van der Waals surface area contributed by atoms with Gasteiger partial charge in [0.05, 0.1) is 10.7 Å². The zero-order valence-corrected chi connectivity index (χ0v) is 17.4. The Labute approximate surface area is 183 Å². The number of furan rings is 1. The van der Waals surface area contributed by atoms with Crippen LogP contribution in [0, 0.1) is 0 Å². The van der Waals surface area contributed by atoms with Crippen LogP contribution in [0.25, 0.3) is 11.0 Å². The Bertz CT molecular complexity index is 1250. The summed E-state index contributed by atoms with van der Waals surface area (Å²) in [6, 6.07) is 21.6. The highest BCUT2D eigenvalue weighted by atomic mass is 35.5. The topological polar surface area (TPSA) is 80.6 Å². The van der Waals surface area contributed by atoms with E-state index in [2.05, 4.69) is 10.6 Å². The highest BCUT2D eigenvalue weighted by molar-refractivity contribution is 6.34. The molecule has 4 aromatic rings. The fourth-order valence-electron chi connectivity index (χ4n) is 3.17. The van der Waals surface area contributed by atoms with Gasteiger partial charge < -0.3 is 19.8 Å². The second kappa shape index (κ2) is 8.93. The first-order valence-corrected chi connectivity index (χ1v) is 9.96. The zero-order valence-electron chi connectivity index (χ0n) is 16.6. The molecule has 0 atom stereocenters. The molecule has 156 valence electrons. The summed E-state index contributed by atoms with van der Waals surface area (Å²) >= 11 is 6.28. The lowest BCUT2D eigenvalue weighted by Gasteiger charge is -2.10. The van der Waals surface area contributed by atoms with Crippen LogP contribution in [-0.4, -0.2) is 11.8 Å². The maximum absolute atomic E-state index is 13.0. The van der Waals surface area contributed by atoms with Crippen LogP contribution in [0.4, 0.5) is 11.4 Å². The van der Waals surface area contributed by atoms with E-state index in [1.807, 2.05) is 48.5 Å². The molecule has 0 radical (unpaired) electrons. The summed E-state index contributed by atoms with van der Waals surface area (Å²) in [7, 11) is 0. The van der Waals surface area contributed by atoms with Gasteiger partial charge in [0, 0.05) is 23.6 Å². The number of halogens is 1. The Kier molecular flexibility index (Phi) is 5.91. The molecule has 0 bridgehead atoms. The van der Waals surface area contributed by atoms with E-state index in [0.29, 0.717) is 28.3 Å². The predicted molar refractivity (Wildman–Crippen MR) is 121 cm³/mol. The lowest BCUT2D eigenvalue weighted by Crippen LogP contribution is -2.14. The van der Waals surface area contributed by atoms with Gasteiger partial charge in [-0.15, -0.1) is 0 Å². The Morgan fingerprint density at radius 3 is 2.45 bits per heavy atom. The highest BCUT2D eigenvalue weighted by Gasteiger charge is 2.22. The van der Waals surface area contributed by atoms with Crippen molar-refractivity contribution in [2.75, 3.05) is 10.6 Å². The number of benzene rings is 3. The van der Waals surface area contributed by atoms with E-state index in [4.69, 9.17) is 20.8 Å². The molecule has 3 aromatic carbocycles. The van der Waals surface area contributed by atoms with Gasteiger partial charge in [-0.1, -0.05) is 48.0 Å². The van der Waals surface area contributed by atoms with Crippen molar-refractivity contribution in [3.05, 3.63) is 89.1 Å². The first-order chi connectivity index (χ1) is 15.0. The number of nitrogens with one attached hydrogen (secondary N) is 2. The van der Waals surface area contributed by atoms with Crippen LogP contribution in [0.1, 0.15) is 23.0 Å². The van der Waals surface area contributed by atoms with E-state index in [9.17, 15) is 9.59 Å². The second-order valence-electron chi connectivity index (χ2n) is 6.84. The van der Waals surface area contributed by atoms with Crippen LogP contribution in [0.3, 0.4) is 0 Å². The van der Waals surface area contributed by atoms with Crippen molar-refractivity contribution in [1.29, 1.82) is 0 Å². The molecule has 0 aliphatic heterocycles. The lowest BCUT2D eigenvalue weighted by atomic mass is 10.1. The molecule has 7 heteroatoms. The first-order valence-electron chi connectivity index (χ1n) is 9.58. The molecule has 0 saturated heterocycles. The van der Waals surface area contributed by atoms with Crippen LogP contribution in [-0.2, 0) is 11.4 Å². The summed E-state index contributed by atoms with van der Waals surface area (Å²) in [6.07, 6.45) is 0. The van der Waals surface area contributed by atoms with Gasteiger partial charge in [-0.25, -0.2) is 0 Å². The van der Waals surface area contributed by atoms with Gasteiger partial charge in [-0.2, -0.15) is 0 Å². The summed E-state index contributed by atoms with van der Waals surface area (Å²) in [5.74, 6) is 0.185. The maximum atomic E-state index is 13.0. The Morgan fingerprint density at radius 2 is 1.71 bits per heavy atom. The van der Waals surface area contributed by atoms with Crippen molar-refractivity contribution >= 4 is 45.8 Å². The van der Waals surface area contributed by atoms with E-state index < -0.39 is 5.91 Å². The van der Waals surface area contributed by atoms with Crippen LogP contribution < -0.4 is 15.4 Å². The third-order valence-corrected chi connectivity index (χ3v) is 4.88. The minimum absolute atomic E-state index is 0.152. The third kappa shape index (κ3) is 4.70. The van der Waals surface area contributed by atoms with Gasteiger partial charge in [0.1, 0.15) is 17.9 Å². The number of rotatable bonds is 6. The van der Waals surface area contributed by atoms with Crippen molar-refractivity contribution in [3.8, 4) is 5.75 Å². The number of hydrogen-bond donors (Lipinski definition) is 2. The maximum Gasteiger partial charge on any atom is 0.291 e. The molecule has 4 rings (SSSR count). The summed E-state index contributed by atoms with van der Waals surface area (Å²) < 4.78 is 11.7. The van der Waals surface area contributed by atoms with Gasteiger partial charge in [-0.3, -0.25) is 9.59 Å². The van der Waals surface area contributed by atoms with Crippen LogP contribution >= 0.6 is 11.6 Å². The molecule has 2 N–H and O–H groups in total. The van der Waals surface area contributed by atoms with E-state index in [1.54, 1.807) is 24.3 Å². The fourth-order valence-corrected chi connectivity index (χ4v) is 3.40. The molecule has 0 unspecified atom stereocenters. The number of hydrogen-bond acceptors (Lipinski definition) is 4. The molecule has 1 heterocycles. The third-order valence-electron chi connectivity index (χ3n) is 4.57. The largest absolute Gasteiger partial charge is 0.489 e. The second-order valence-corrected chi connectivity index (χ2v) is 7.24. The summed E-state index contributed by atoms with van der Waals surface area (Å²) in [5, 5.41) is 6.51. The lowest BCUT2D eigenvalue weighted by molar-refractivity contribution is -0.114. The van der Waals surface area contributed by atoms with Gasteiger partial charge in [0.15, 0.2) is 5.76 Å². The van der Waals surface area contributed by atoms with E-state index in [1.165, 1.54) is 6.92 Å². The number of carbonyl (C=O) groups is 2. The normalized spacial score (nSPS) is 10.6. The Hall–Kier alpha value is -3.77. The fraction of sp³-hybridized carbons (Fsp3) is 0.0833. The van der Waals surface area contributed by atoms with Gasteiger partial charge in [0.25, 0.3) is 5.91 Å². The molecule has 0 aliphatic carbocycles. The molecule has 0 saturated carbocycles. The van der Waals surface area contributed by atoms with Gasteiger partial charge in [-0.05, 0) is 36.4 Å². The zero-order chi connectivity index (χ0) is 21.8. The standard InChI is InChI=1S/C24H19ClN2O4/c1-15(28)26-16-11-12-21(20(25)13-16)27-24(29)23-19(14-30-17-7-3-2-4-8-17)18-9-5-6-10-22(18)31-23/h2-13H,14H2,1H3,(H,26,28)(H,27,29). The first kappa shape index (κ1) is 20.5. The van der Waals surface area contributed by atoms with Crippen molar-refractivity contribution in [1.82, 2.24) is 0 Å². The molecular weight excluding hydrogens is 416 g/mol. The predicted octanol–water partition coefficient (Wildman–Crippen LogP) is 5.88. The smallest absolute Gasteiger partial charge is 0.291 e. The number of fused-ring (bicyclic) bond motifs is 1. The van der Waals surface area contributed by atoms with Gasteiger partial charge >= 0.3 is 0 Å². The molecule has 6 nitrogen and oxygen atoms in total.